The summed E-state index contributed by atoms with van der Waals surface area (Å²) in [4.78, 5) is 59.4. The Hall–Kier alpha value is -4.38. The number of nitro benzene ring substituents is 1. The van der Waals surface area contributed by atoms with Gasteiger partial charge in [-0.2, -0.15) is 0 Å². The molecule has 1 aliphatic rings. The molecule has 0 aliphatic heterocycles. The van der Waals surface area contributed by atoms with Crippen molar-refractivity contribution in [3.63, 3.8) is 0 Å². The van der Waals surface area contributed by atoms with Crippen molar-refractivity contribution in [1.29, 1.82) is 0 Å². The summed E-state index contributed by atoms with van der Waals surface area (Å²) >= 11 is 0. The van der Waals surface area contributed by atoms with E-state index in [1.54, 1.807) is 37.4 Å². The molecule has 2 aromatic rings. The van der Waals surface area contributed by atoms with Crippen LogP contribution in [-0.4, -0.2) is 70.3 Å². The quantitative estimate of drug-likeness (QED) is 0.215. The zero-order chi connectivity index (χ0) is 28.2. The van der Waals surface area contributed by atoms with Crippen molar-refractivity contribution in [2.75, 3.05) is 25.5 Å². The van der Waals surface area contributed by atoms with E-state index in [0.29, 0.717) is 29.4 Å². The third kappa shape index (κ3) is 8.93. The molecule has 11 heteroatoms. The van der Waals surface area contributed by atoms with Crippen molar-refractivity contribution in [2.24, 2.45) is 0 Å². The minimum Gasteiger partial charge on any atom is -0.478 e. The molecule has 202 valence electrons. The van der Waals surface area contributed by atoms with Crippen LogP contribution in [0, 0.1) is 10.1 Å². The minimum atomic E-state index is -1.26. The number of aliphatic carboxylic acids is 2. The average Bonchev–Trinajstić information content (AvgIpc) is 2.92. The summed E-state index contributed by atoms with van der Waals surface area (Å²) in [5, 5.41) is 26.9. The predicted molar refractivity (Wildman–Crippen MR) is 140 cm³/mol. The highest BCUT2D eigenvalue weighted by Crippen LogP contribution is 2.28. The number of non-ortho nitro benzene ring substituents is 1. The molecule has 2 aromatic carbocycles. The van der Waals surface area contributed by atoms with Crippen LogP contribution in [0.2, 0.25) is 0 Å². The number of benzene rings is 2. The van der Waals surface area contributed by atoms with Crippen LogP contribution in [0.5, 0.6) is 0 Å². The minimum absolute atomic E-state index is 0.145. The lowest BCUT2D eigenvalue weighted by Gasteiger charge is -2.32. The maximum atomic E-state index is 13.1. The molecule has 0 radical (unpaired) electrons. The van der Waals surface area contributed by atoms with E-state index in [9.17, 15) is 29.3 Å². The SMILES string of the molecule is CN(C(=O)CN(C)C1CCCCC1)c1ccc([N+](=O)[O-])cc1C(=O)c1ccccc1.O=C(O)/C=C/C(=O)O. The number of nitro groups is 1. The van der Waals surface area contributed by atoms with E-state index < -0.39 is 16.9 Å². The zero-order valence-corrected chi connectivity index (χ0v) is 21.3. The Bertz CT molecular complexity index is 1170. The molecule has 0 unspecified atom stereocenters. The van der Waals surface area contributed by atoms with E-state index in [1.165, 1.54) is 42.4 Å². The van der Waals surface area contributed by atoms with Crippen molar-refractivity contribution >= 4 is 35.0 Å². The molecule has 11 nitrogen and oxygen atoms in total. The fourth-order valence-corrected chi connectivity index (χ4v) is 4.10. The first-order chi connectivity index (χ1) is 18.0. The monoisotopic (exact) mass is 525 g/mol. The predicted octanol–water partition coefficient (Wildman–Crippen LogP) is 3.76. The molecular weight excluding hydrogens is 494 g/mol. The molecule has 1 aliphatic carbocycles. The number of nitrogens with zero attached hydrogens (tertiary/aromatic N) is 3. The van der Waals surface area contributed by atoms with Crippen molar-refractivity contribution in [3.8, 4) is 0 Å². The first-order valence-electron chi connectivity index (χ1n) is 12.0. The molecular formula is C27H31N3O8. The number of rotatable bonds is 9. The number of carbonyl (C=O) groups is 4. The number of likely N-dealkylation sites (N-methyl/N-ethyl adjacent to an activating group) is 2. The number of hydrogen-bond acceptors (Lipinski definition) is 7. The number of anilines is 1. The Morgan fingerprint density at radius 1 is 0.947 bits per heavy atom. The van der Waals surface area contributed by atoms with Crippen LogP contribution in [0.3, 0.4) is 0 Å². The average molecular weight is 526 g/mol. The van der Waals surface area contributed by atoms with Gasteiger partial charge in [0.15, 0.2) is 5.78 Å². The van der Waals surface area contributed by atoms with Crippen LogP contribution in [0.1, 0.15) is 48.0 Å². The van der Waals surface area contributed by atoms with E-state index in [0.717, 1.165) is 12.8 Å². The Kier molecular flexibility index (Phi) is 11.3. The van der Waals surface area contributed by atoms with Gasteiger partial charge in [-0.15, -0.1) is 0 Å². The first kappa shape index (κ1) is 29.8. The highest BCUT2D eigenvalue weighted by atomic mass is 16.6. The van der Waals surface area contributed by atoms with Gasteiger partial charge >= 0.3 is 11.9 Å². The maximum absolute atomic E-state index is 13.1. The lowest BCUT2D eigenvalue weighted by atomic mass is 9.94. The molecule has 0 saturated heterocycles. The first-order valence-corrected chi connectivity index (χ1v) is 12.0. The van der Waals surface area contributed by atoms with Crippen LogP contribution in [0.4, 0.5) is 11.4 Å². The smallest absolute Gasteiger partial charge is 0.328 e. The summed E-state index contributed by atoms with van der Waals surface area (Å²) in [6, 6.07) is 13.0. The van der Waals surface area contributed by atoms with Crippen LogP contribution in [0.25, 0.3) is 0 Å². The maximum Gasteiger partial charge on any atom is 0.328 e. The Balaban J connectivity index is 0.000000550. The van der Waals surface area contributed by atoms with E-state index >= 15 is 0 Å². The molecule has 1 saturated carbocycles. The molecule has 1 amide bonds. The Morgan fingerprint density at radius 3 is 2.05 bits per heavy atom. The van der Waals surface area contributed by atoms with Gasteiger partial charge in [-0.3, -0.25) is 24.6 Å². The van der Waals surface area contributed by atoms with Gasteiger partial charge in [0.25, 0.3) is 5.69 Å². The standard InChI is InChI=1S/C23H27N3O4.C4H4O4/c1-24(18-11-7-4-8-12-18)16-22(27)25(2)21-14-13-19(26(29)30)15-20(21)23(28)17-9-5-3-6-10-17;5-3(6)1-2-4(7)8/h3,5-6,9-10,13-15,18H,4,7-8,11-12,16H2,1-2H3;1-2H,(H,5,6)(H,7,8)/b;2-1+. The molecule has 1 fully saturated rings. The summed E-state index contributed by atoms with van der Waals surface area (Å²) < 4.78 is 0. The number of carbonyl (C=O) groups excluding carboxylic acids is 2. The van der Waals surface area contributed by atoms with Gasteiger partial charge in [-0.1, -0.05) is 49.6 Å². The van der Waals surface area contributed by atoms with Gasteiger partial charge in [-0.05, 0) is 26.0 Å². The number of amides is 1. The van der Waals surface area contributed by atoms with Crippen LogP contribution in [-0.2, 0) is 14.4 Å². The number of hydrogen-bond donors (Lipinski definition) is 2. The van der Waals surface area contributed by atoms with Gasteiger partial charge in [-0.25, -0.2) is 9.59 Å². The van der Waals surface area contributed by atoms with Gasteiger partial charge in [0.2, 0.25) is 5.91 Å². The zero-order valence-electron chi connectivity index (χ0n) is 21.3. The summed E-state index contributed by atoms with van der Waals surface area (Å²) in [5.41, 5.74) is 0.751. The van der Waals surface area contributed by atoms with Crippen LogP contribution >= 0.6 is 0 Å². The normalized spacial score (nSPS) is 13.4. The lowest BCUT2D eigenvalue weighted by Crippen LogP contribution is -2.42. The summed E-state index contributed by atoms with van der Waals surface area (Å²) in [7, 11) is 3.56. The Morgan fingerprint density at radius 2 is 1.53 bits per heavy atom. The molecule has 3 rings (SSSR count). The third-order valence-corrected chi connectivity index (χ3v) is 6.16. The van der Waals surface area contributed by atoms with Crippen molar-refractivity contribution in [2.45, 2.75) is 38.1 Å². The second-order valence-electron chi connectivity index (χ2n) is 8.82. The molecule has 38 heavy (non-hydrogen) atoms. The number of carboxylic acids is 2. The van der Waals surface area contributed by atoms with Gasteiger partial charge in [0.05, 0.1) is 22.7 Å². The van der Waals surface area contributed by atoms with Crippen LogP contribution < -0.4 is 4.90 Å². The summed E-state index contributed by atoms with van der Waals surface area (Å²) in [5.74, 6) is -3.02. The fourth-order valence-electron chi connectivity index (χ4n) is 4.10. The lowest BCUT2D eigenvalue weighted by molar-refractivity contribution is -0.384. The van der Waals surface area contributed by atoms with Crippen LogP contribution in [0.15, 0.2) is 60.7 Å². The number of carboxylic acid groups (broad SMARTS) is 2. The number of ketones is 1. The second kappa shape index (κ2) is 14.4. The second-order valence-corrected chi connectivity index (χ2v) is 8.82. The fraction of sp³-hybridized carbons (Fsp3) is 0.333. The van der Waals surface area contributed by atoms with E-state index in [-0.39, 0.29) is 29.5 Å². The van der Waals surface area contributed by atoms with E-state index in [1.807, 2.05) is 7.05 Å². The van der Waals surface area contributed by atoms with Crippen molar-refractivity contribution < 1.29 is 34.3 Å². The third-order valence-electron chi connectivity index (χ3n) is 6.16. The Labute approximate surface area is 220 Å². The molecule has 0 aromatic heterocycles. The highest BCUT2D eigenvalue weighted by Gasteiger charge is 2.25. The highest BCUT2D eigenvalue weighted by molar-refractivity contribution is 6.14. The van der Waals surface area contributed by atoms with Gasteiger partial charge < -0.3 is 15.1 Å². The molecule has 0 bridgehead atoms. The summed E-state index contributed by atoms with van der Waals surface area (Å²) in [6.07, 6.45) is 6.89. The van der Waals surface area contributed by atoms with E-state index in [4.69, 9.17) is 10.2 Å². The summed E-state index contributed by atoms with van der Waals surface area (Å²) in [6.45, 7) is 0.233. The molecule has 0 spiro atoms. The molecule has 0 heterocycles. The largest absolute Gasteiger partial charge is 0.478 e. The topological polar surface area (TPSA) is 158 Å². The molecule has 2 N–H and O–H groups in total. The van der Waals surface area contributed by atoms with Gasteiger partial charge in [0, 0.05) is 42.9 Å². The van der Waals surface area contributed by atoms with Crippen molar-refractivity contribution in [3.05, 3.63) is 81.9 Å². The van der Waals surface area contributed by atoms with Gasteiger partial charge in [0.1, 0.15) is 0 Å². The van der Waals surface area contributed by atoms with E-state index in [2.05, 4.69) is 4.90 Å². The van der Waals surface area contributed by atoms with Crippen molar-refractivity contribution in [1.82, 2.24) is 4.90 Å². The molecule has 0 atom stereocenters.